The Morgan fingerprint density at radius 1 is 1.15 bits per heavy atom. The first kappa shape index (κ1) is 18.7. The summed E-state index contributed by atoms with van der Waals surface area (Å²) in [6, 6.07) is 7.51. The highest BCUT2D eigenvalue weighted by Crippen LogP contribution is 2.37. The molecule has 1 aromatic rings. The predicted octanol–water partition coefficient (Wildman–Crippen LogP) is 1.77. The van der Waals surface area contributed by atoms with Crippen molar-refractivity contribution in [3.8, 4) is 5.75 Å². The third kappa shape index (κ3) is 3.70. The van der Waals surface area contributed by atoms with Crippen LogP contribution in [0, 0.1) is 5.92 Å². The van der Waals surface area contributed by atoms with E-state index in [1.165, 1.54) is 0 Å². The molecule has 142 valence electrons. The van der Waals surface area contributed by atoms with Crippen molar-refractivity contribution in [1.29, 1.82) is 0 Å². The molecule has 0 bridgehead atoms. The number of hydrogen-bond donors (Lipinski definition) is 0. The Bertz CT molecular complexity index is 638. The Kier molecular flexibility index (Phi) is 5.81. The number of rotatable bonds is 4. The smallest absolute Gasteiger partial charge is 0.228 e. The van der Waals surface area contributed by atoms with Crippen LogP contribution in [0.4, 0.5) is 0 Å². The van der Waals surface area contributed by atoms with Crippen LogP contribution in [0.2, 0.25) is 0 Å². The van der Waals surface area contributed by atoms with Gasteiger partial charge < -0.3 is 19.4 Å². The molecule has 0 aromatic heterocycles. The number of amides is 2. The van der Waals surface area contributed by atoms with Gasteiger partial charge in [-0.05, 0) is 30.7 Å². The van der Waals surface area contributed by atoms with Crippen molar-refractivity contribution in [2.24, 2.45) is 5.92 Å². The first-order valence-electron chi connectivity index (χ1n) is 9.46. The van der Waals surface area contributed by atoms with Crippen molar-refractivity contribution in [3.63, 3.8) is 0 Å². The summed E-state index contributed by atoms with van der Waals surface area (Å²) in [7, 11) is 3.44. The van der Waals surface area contributed by atoms with Gasteiger partial charge in [0, 0.05) is 39.6 Å². The van der Waals surface area contributed by atoms with Gasteiger partial charge in [-0.2, -0.15) is 0 Å². The number of nitrogens with zero attached hydrogens (tertiary/aromatic N) is 3. The van der Waals surface area contributed by atoms with E-state index in [0.29, 0.717) is 12.8 Å². The summed E-state index contributed by atoms with van der Waals surface area (Å²) in [6.07, 6.45) is 1.06. The van der Waals surface area contributed by atoms with E-state index >= 15 is 0 Å². The Labute approximate surface area is 155 Å². The average molecular weight is 359 g/mol. The number of hydrogen-bond acceptors (Lipinski definition) is 4. The van der Waals surface area contributed by atoms with E-state index in [4.69, 9.17) is 4.74 Å². The summed E-state index contributed by atoms with van der Waals surface area (Å²) in [5.41, 5.74) is 0.992. The lowest BCUT2D eigenvalue weighted by atomic mass is 9.83. The summed E-state index contributed by atoms with van der Waals surface area (Å²) >= 11 is 0. The van der Waals surface area contributed by atoms with Gasteiger partial charge in [0.1, 0.15) is 5.75 Å². The molecule has 0 aliphatic carbocycles. The molecule has 3 rings (SSSR count). The minimum atomic E-state index is -0.209. The van der Waals surface area contributed by atoms with Gasteiger partial charge in [-0.1, -0.05) is 19.1 Å². The van der Waals surface area contributed by atoms with E-state index in [0.717, 1.165) is 44.0 Å². The zero-order valence-corrected chi connectivity index (χ0v) is 16.0. The minimum Gasteiger partial charge on any atom is -0.497 e. The quantitative estimate of drug-likeness (QED) is 0.822. The zero-order valence-electron chi connectivity index (χ0n) is 16.0. The molecular weight excluding hydrogens is 330 g/mol. The second kappa shape index (κ2) is 8.08. The van der Waals surface area contributed by atoms with Crippen LogP contribution in [-0.2, 0) is 9.59 Å². The molecule has 2 fully saturated rings. The maximum atomic E-state index is 13.3. The van der Waals surface area contributed by atoms with Crippen LogP contribution in [0.5, 0.6) is 5.75 Å². The van der Waals surface area contributed by atoms with Crippen LogP contribution in [-0.4, -0.2) is 73.4 Å². The number of methoxy groups -OCH3 is 1. The summed E-state index contributed by atoms with van der Waals surface area (Å²) in [5.74, 6) is 0.878. The third-order valence-corrected chi connectivity index (χ3v) is 5.77. The Balaban J connectivity index is 1.80. The van der Waals surface area contributed by atoms with E-state index in [1.54, 1.807) is 12.0 Å². The second-order valence-electron chi connectivity index (χ2n) is 7.13. The fourth-order valence-corrected chi connectivity index (χ4v) is 4.07. The van der Waals surface area contributed by atoms with Gasteiger partial charge >= 0.3 is 0 Å². The predicted molar refractivity (Wildman–Crippen MR) is 99.9 cm³/mol. The van der Waals surface area contributed by atoms with Crippen LogP contribution >= 0.6 is 0 Å². The second-order valence-corrected chi connectivity index (χ2v) is 7.13. The third-order valence-electron chi connectivity index (χ3n) is 5.77. The van der Waals surface area contributed by atoms with E-state index in [9.17, 15) is 9.59 Å². The number of benzene rings is 1. The lowest BCUT2D eigenvalue weighted by Gasteiger charge is -2.42. The number of likely N-dealkylation sites (tertiary alicyclic amines) is 1. The van der Waals surface area contributed by atoms with Crippen molar-refractivity contribution in [2.75, 3.05) is 46.9 Å². The molecule has 26 heavy (non-hydrogen) atoms. The van der Waals surface area contributed by atoms with Gasteiger partial charge in [-0.15, -0.1) is 0 Å². The monoisotopic (exact) mass is 359 g/mol. The summed E-state index contributed by atoms with van der Waals surface area (Å²) < 4.78 is 5.23. The molecule has 0 spiro atoms. The fourth-order valence-electron chi connectivity index (χ4n) is 4.07. The van der Waals surface area contributed by atoms with Crippen LogP contribution in [0.15, 0.2) is 24.3 Å². The van der Waals surface area contributed by atoms with Gasteiger partial charge in [-0.25, -0.2) is 0 Å². The molecule has 2 aliphatic heterocycles. The lowest BCUT2D eigenvalue weighted by Crippen LogP contribution is -2.53. The number of likely N-dealkylation sites (N-methyl/N-ethyl adjacent to an activating group) is 1. The van der Waals surface area contributed by atoms with E-state index < -0.39 is 0 Å². The molecule has 0 saturated carbocycles. The molecule has 0 unspecified atom stereocenters. The average Bonchev–Trinajstić information content (AvgIpc) is 2.69. The van der Waals surface area contributed by atoms with Crippen molar-refractivity contribution in [1.82, 2.24) is 14.7 Å². The molecule has 6 heteroatoms. The summed E-state index contributed by atoms with van der Waals surface area (Å²) in [5, 5.41) is 0. The minimum absolute atomic E-state index is 0.102. The molecular formula is C20H29N3O3. The van der Waals surface area contributed by atoms with Gasteiger partial charge in [0.2, 0.25) is 11.8 Å². The molecule has 0 radical (unpaired) electrons. The normalized spacial score (nSPS) is 24.7. The summed E-state index contributed by atoms with van der Waals surface area (Å²) in [4.78, 5) is 31.6. The highest BCUT2D eigenvalue weighted by atomic mass is 16.5. The van der Waals surface area contributed by atoms with Crippen molar-refractivity contribution in [2.45, 2.75) is 25.8 Å². The number of ether oxygens (including phenoxy) is 1. The van der Waals surface area contributed by atoms with Gasteiger partial charge in [0.15, 0.2) is 0 Å². The molecule has 6 nitrogen and oxygen atoms in total. The van der Waals surface area contributed by atoms with Crippen LogP contribution in [0.1, 0.15) is 31.4 Å². The maximum absolute atomic E-state index is 13.3. The first-order chi connectivity index (χ1) is 12.5. The molecule has 1 aromatic carbocycles. The largest absolute Gasteiger partial charge is 0.497 e. The highest BCUT2D eigenvalue weighted by Gasteiger charge is 2.41. The highest BCUT2D eigenvalue weighted by molar-refractivity contribution is 5.85. The first-order valence-corrected chi connectivity index (χ1v) is 9.46. The van der Waals surface area contributed by atoms with Crippen LogP contribution in [0.3, 0.4) is 0 Å². The van der Waals surface area contributed by atoms with E-state index in [1.807, 2.05) is 36.2 Å². The Hall–Kier alpha value is -2.08. The standard InChI is InChI=1S/C20H29N3O3/c1-4-22-11-13-23(14-12-22)20(25)17-9-10-18(24)21(2)19(17)15-5-7-16(26-3)8-6-15/h5-8,17,19H,4,9-14H2,1-3H3/t17-,19+/m1/s1. The van der Waals surface area contributed by atoms with E-state index in [-0.39, 0.29) is 23.8 Å². The molecule has 2 aliphatic rings. The van der Waals surface area contributed by atoms with Gasteiger partial charge in [0.05, 0.1) is 19.1 Å². The number of piperazine rings is 1. The van der Waals surface area contributed by atoms with E-state index in [2.05, 4.69) is 11.8 Å². The number of carbonyl (C=O) groups is 2. The zero-order chi connectivity index (χ0) is 18.7. The molecule has 2 atom stereocenters. The fraction of sp³-hybridized carbons (Fsp3) is 0.600. The van der Waals surface area contributed by atoms with Crippen molar-refractivity contribution < 1.29 is 14.3 Å². The number of piperidine rings is 1. The topological polar surface area (TPSA) is 53.1 Å². The van der Waals surface area contributed by atoms with Gasteiger partial charge in [-0.3, -0.25) is 9.59 Å². The summed E-state index contributed by atoms with van der Waals surface area (Å²) in [6.45, 7) is 6.58. The van der Waals surface area contributed by atoms with Crippen molar-refractivity contribution >= 4 is 11.8 Å². The SMILES string of the molecule is CCN1CCN(C(=O)[C@@H]2CCC(=O)N(C)[C@H]2c2ccc(OC)cc2)CC1. The maximum Gasteiger partial charge on any atom is 0.228 e. The molecule has 2 amide bonds. The molecule has 2 heterocycles. The lowest BCUT2D eigenvalue weighted by molar-refractivity contribution is -0.147. The van der Waals surface area contributed by atoms with Crippen LogP contribution < -0.4 is 4.74 Å². The molecule has 0 N–H and O–H groups in total. The van der Waals surface area contributed by atoms with Crippen molar-refractivity contribution in [3.05, 3.63) is 29.8 Å². The molecule has 2 saturated heterocycles. The Morgan fingerprint density at radius 3 is 2.38 bits per heavy atom. The number of carbonyl (C=O) groups excluding carboxylic acids is 2. The Morgan fingerprint density at radius 2 is 1.81 bits per heavy atom. The van der Waals surface area contributed by atoms with Crippen LogP contribution in [0.25, 0.3) is 0 Å². The van der Waals surface area contributed by atoms with Gasteiger partial charge in [0.25, 0.3) is 0 Å².